The van der Waals surface area contributed by atoms with Crippen molar-refractivity contribution in [3.05, 3.63) is 0 Å². The fraction of sp³-hybridized carbons (Fsp3) is 1.00. The molecule has 70 valence electrons. The summed E-state index contributed by atoms with van der Waals surface area (Å²) in [5.41, 5.74) is -0.00356. The molecule has 2 rings (SSSR count). The molecule has 2 bridgehead atoms. The van der Waals surface area contributed by atoms with Crippen LogP contribution in [0, 0.1) is 11.8 Å². The van der Waals surface area contributed by atoms with Crippen molar-refractivity contribution in [2.45, 2.75) is 51.4 Å². The van der Waals surface area contributed by atoms with Gasteiger partial charge in [-0.05, 0) is 32.6 Å². The Morgan fingerprint density at radius 1 is 1.33 bits per heavy atom. The fourth-order valence-electron chi connectivity index (χ4n) is 2.55. The highest BCUT2D eigenvalue weighted by molar-refractivity contribution is 4.98. The lowest BCUT2D eigenvalue weighted by Gasteiger charge is -2.29. The molecule has 0 amide bonds. The molecule has 4 atom stereocenters. The molecule has 1 saturated heterocycles. The van der Waals surface area contributed by atoms with Crippen LogP contribution in [0.25, 0.3) is 0 Å². The van der Waals surface area contributed by atoms with Crippen molar-refractivity contribution in [1.82, 2.24) is 0 Å². The van der Waals surface area contributed by atoms with Gasteiger partial charge in [0.2, 0.25) is 0 Å². The fourth-order valence-corrected chi connectivity index (χ4v) is 2.55. The van der Waals surface area contributed by atoms with Crippen LogP contribution in [0.1, 0.15) is 33.6 Å². The van der Waals surface area contributed by atoms with Gasteiger partial charge in [0.05, 0.1) is 17.8 Å². The van der Waals surface area contributed by atoms with Gasteiger partial charge in [0, 0.05) is 5.92 Å². The van der Waals surface area contributed by atoms with E-state index in [-0.39, 0.29) is 11.7 Å². The topological polar surface area (TPSA) is 29.5 Å². The maximum atomic E-state index is 9.71. The van der Waals surface area contributed by atoms with Crippen LogP contribution in [-0.2, 0) is 4.74 Å². The van der Waals surface area contributed by atoms with Gasteiger partial charge in [-0.2, -0.15) is 0 Å². The van der Waals surface area contributed by atoms with Crippen LogP contribution in [0.3, 0.4) is 0 Å². The molecule has 0 aromatic heterocycles. The van der Waals surface area contributed by atoms with E-state index >= 15 is 0 Å². The van der Waals surface area contributed by atoms with E-state index in [1.54, 1.807) is 0 Å². The van der Waals surface area contributed by atoms with Gasteiger partial charge in [0.1, 0.15) is 0 Å². The second-order valence-corrected chi connectivity index (χ2v) is 4.85. The molecular weight excluding hydrogens is 152 g/mol. The van der Waals surface area contributed by atoms with Crippen molar-refractivity contribution >= 4 is 0 Å². The minimum atomic E-state index is -0.143. The molecule has 0 radical (unpaired) electrons. The lowest BCUT2D eigenvalue weighted by atomic mass is 9.76. The SMILES string of the molecule is C[C@@H]1[C@@H]2C[C@@H](C[C@@H]1O)C(C)(C)O2. The standard InChI is InChI=1S/C10H18O2/c1-6-8(11)4-7-5-9(6)12-10(7,2)3/h6-9,11H,4-5H2,1-3H3/t6-,7+,8-,9-/m0/s1. The summed E-state index contributed by atoms with van der Waals surface area (Å²) in [6.07, 6.45) is 2.22. The molecule has 2 fully saturated rings. The molecule has 2 heteroatoms. The monoisotopic (exact) mass is 170 g/mol. The van der Waals surface area contributed by atoms with Gasteiger partial charge in [-0.3, -0.25) is 0 Å². The van der Waals surface area contributed by atoms with Crippen molar-refractivity contribution in [2.75, 3.05) is 0 Å². The summed E-state index contributed by atoms with van der Waals surface area (Å²) in [7, 11) is 0. The van der Waals surface area contributed by atoms with Crippen molar-refractivity contribution in [1.29, 1.82) is 0 Å². The summed E-state index contributed by atoms with van der Waals surface area (Å²) in [5.74, 6) is 0.886. The minimum absolute atomic E-state index is 0.00356. The van der Waals surface area contributed by atoms with E-state index in [4.69, 9.17) is 4.74 Å². The molecule has 1 aliphatic carbocycles. The normalized spacial score (nSPS) is 51.0. The molecule has 0 aromatic carbocycles. The first-order chi connectivity index (χ1) is 5.50. The van der Waals surface area contributed by atoms with Crippen molar-refractivity contribution in [3.63, 3.8) is 0 Å². The van der Waals surface area contributed by atoms with E-state index in [1.165, 1.54) is 0 Å². The van der Waals surface area contributed by atoms with Gasteiger partial charge in [-0.1, -0.05) is 6.92 Å². The zero-order valence-corrected chi connectivity index (χ0v) is 8.08. The predicted molar refractivity (Wildman–Crippen MR) is 46.8 cm³/mol. The van der Waals surface area contributed by atoms with Crippen LogP contribution < -0.4 is 0 Å². The van der Waals surface area contributed by atoms with E-state index in [9.17, 15) is 5.11 Å². The number of rotatable bonds is 0. The Morgan fingerprint density at radius 3 is 2.67 bits per heavy atom. The first-order valence-corrected chi connectivity index (χ1v) is 4.86. The first-order valence-electron chi connectivity index (χ1n) is 4.86. The quantitative estimate of drug-likeness (QED) is 0.598. The Kier molecular flexibility index (Phi) is 1.74. The Labute approximate surface area is 73.9 Å². The number of aliphatic hydroxyl groups excluding tert-OH is 1. The molecule has 2 nitrogen and oxygen atoms in total. The number of hydrogen-bond donors (Lipinski definition) is 1. The molecule has 0 aromatic rings. The van der Waals surface area contributed by atoms with E-state index in [0.29, 0.717) is 17.9 Å². The highest BCUT2D eigenvalue weighted by atomic mass is 16.5. The maximum Gasteiger partial charge on any atom is 0.0660 e. The lowest BCUT2D eigenvalue weighted by molar-refractivity contribution is -0.0490. The van der Waals surface area contributed by atoms with Gasteiger partial charge in [-0.15, -0.1) is 0 Å². The Balaban J connectivity index is 2.19. The van der Waals surface area contributed by atoms with Crippen LogP contribution in [0.5, 0.6) is 0 Å². The average molecular weight is 170 g/mol. The van der Waals surface area contributed by atoms with Gasteiger partial charge < -0.3 is 9.84 Å². The van der Waals surface area contributed by atoms with Crippen molar-refractivity contribution < 1.29 is 9.84 Å². The summed E-state index contributed by atoms with van der Waals surface area (Å²) < 4.78 is 5.90. The second kappa shape index (κ2) is 2.46. The van der Waals surface area contributed by atoms with Gasteiger partial charge >= 0.3 is 0 Å². The van der Waals surface area contributed by atoms with E-state index in [1.807, 2.05) is 0 Å². The third-order valence-electron chi connectivity index (χ3n) is 3.67. The van der Waals surface area contributed by atoms with Crippen LogP contribution in [0.15, 0.2) is 0 Å². The minimum Gasteiger partial charge on any atom is -0.393 e. The highest BCUT2D eigenvalue weighted by Crippen LogP contribution is 2.46. The first kappa shape index (κ1) is 8.52. The summed E-state index contributed by atoms with van der Waals surface area (Å²) in [4.78, 5) is 0. The molecule has 0 unspecified atom stereocenters. The van der Waals surface area contributed by atoms with E-state index in [0.717, 1.165) is 12.8 Å². The number of fused-ring (bicyclic) bond motifs is 2. The maximum absolute atomic E-state index is 9.71. The molecule has 2 aliphatic rings. The summed E-state index contributed by atoms with van der Waals surface area (Å²) >= 11 is 0. The molecular formula is C10H18O2. The number of aliphatic hydroxyl groups is 1. The second-order valence-electron chi connectivity index (χ2n) is 4.85. The van der Waals surface area contributed by atoms with Crippen molar-refractivity contribution in [2.24, 2.45) is 11.8 Å². The summed E-state index contributed by atoms with van der Waals surface area (Å²) in [6.45, 7) is 6.37. The van der Waals surface area contributed by atoms with Crippen molar-refractivity contribution in [3.8, 4) is 0 Å². The van der Waals surface area contributed by atoms with Crippen LogP contribution in [0.2, 0.25) is 0 Å². The van der Waals surface area contributed by atoms with E-state index in [2.05, 4.69) is 20.8 Å². The Hall–Kier alpha value is -0.0800. The highest BCUT2D eigenvalue weighted by Gasteiger charge is 2.49. The predicted octanol–water partition coefficient (Wildman–Crippen LogP) is 1.57. The average Bonchev–Trinajstić information content (AvgIpc) is 2.21. The molecule has 1 heterocycles. The largest absolute Gasteiger partial charge is 0.393 e. The Bertz CT molecular complexity index is 188. The van der Waals surface area contributed by atoms with E-state index < -0.39 is 0 Å². The number of hydrogen-bond acceptors (Lipinski definition) is 2. The molecule has 12 heavy (non-hydrogen) atoms. The summed E-state index contributed by atoms with van der Waals surface area (Å²) in [5, 5.41) is 9.71. The van der Waals surface area contributed by atoms with Crippen LogP contribution >= 0.6 is 0 Å². The Morgan fingerprint density at radius 2 is 2.00 bits per heavy atom. The molecule has 0 spiro atoms. The van der Waals surface area contributed by atoms with Gasteiger partial charge in [-0.25, -0.2) is 0 Å². The van der Waals surface area contributed by atoms with Crippen LogP contribution in [-0.4, -0.2) is 22.9 Å². The third kappa shape index (κ3) is 1.09. The lowest BCUT2D eigenvalue weighted by Crippen LogP contribution is -2.34. The van der Waals surface area contributed by atoms with Crippen LogP contribution in [0.4, 0.5) is 0 Å². The van der Waals surface area contributed by atoms with Gasteiger partial charge in [0.15, 0.2) is 0 Å². The molecule has 1 N–H and O–H groups in total. The summed E-state index contributed by atoms with van der Waals surface area (Å²) in [6, 6.07) is 0. The number of ether oxygens (including phenoxy) is 1. The molecule has 1 saturated carbocycles. The zero-order chi connectivity index (χ0) is 8.93. The zero-order valence-electron chi connectivity index (χ0n) is 8.08. The molecule has 1 aliphatic heterocycles. The smallest absolute Gasteiger partial charge is 0.0660 e. The van der Waals surface area contributed by atoms with Gasteiger partial charge in [0.25, 0.3) is 0 Å². The third-order valence-corrected chi connectivity index (χ3v) is 3.67.